The van der Waals surface area contributed by atoms with E-state index in [1.54, 1.807) is 0 Å². The number of alkyl halides is 2. The standard InChI is InChI=1S/C7H6Cl2O/c8-7(9)5-3-1-2-4(5)6(7)10/h1-2,4-5H,3H2/t4-,5+/m1/s1. The molecule has 0 aromatic rings. The number of Topliss-reactive ketones (excluding diaryl/α,β-unsaturated/α-hetero) is 1. The first kappa shape index (κ1) is 6.68. The number of carbonyl (C=O) groups is 1. The van der Waals surface area contributed by atoms with Gasteiger partial charge in [-0.3, -0.25) is 4.79 Å². The highest BCUT2D eigenvalue weighted by molar-refractivity contribution is 6.61. The molecule has 2 rings (SSSR count). The minimum Gasteiger partial charge on any atom is -0.296 e. The Balaban J connectivity index is 2.28. The van der Waals surface area contributed by atoms with Crippen molar-refractivity contribution in [1.29, 1.82) is 0 Å². The lowest BCUT2D eigenvalue weighted by Crippen LogP contribution is -2.53. The molecule has 10 heavy (non-hydrogen) atoms. The van der Waals surface area contributed by atoms with Crippen LogP contribution >= 0.6 is 23.2 Å². The van der Waals surface area contributed by atoms with Gasteiger partial charge in [-0.2, -0.15) is 0 Å². The lowest BCUT2D eigenvalue weighted by molar-refractivity contribution is -0.132. The van der Waals surface area contributed by atoms with Crippen molar-refractivity contribution >= 4 is 29.0 Å². The van der Waals surface area contributed by atoms with E-state index in [1.807, 2.05) is 12.2 Å². The van der Waals surface area contributed by atoms with Gasteiger partial charge in [0.2, 0.25) is 0 Å². The van der Waals surface area contributed by atoms with E-state index in [-0.39, 0.29) is 17.6 Å². The molecular weight excluding hydrogens is 171 g/mol. The van der Waals surface area contributed by atoms with E-state index in [9.17, 15) is 4.79 Å². The summed E-state index contributed by atoms with van der Waals surface area (Å²) in [5, 5.41) is 0. The Hall–Kier alpha value is -0.0100. The van der Waals surface area contributed by atoms with Gasteiger partial charge < -0.3 is 0 Å². The highest BCUT2D eigenvalue weighted by atomic mass is 35.5. The zero-order valence-electron chi connectivity index (χ0n) is 5.18. The summed E-state index contributed by atoms with van der Waals surface area (Å²) in [6.45, 7) is 0. The predicted molar refractivity (Wildman–Crippen MR) is 40.2 cm³/mol. The van der Waals surface area contributed by atoms with Gasteiger partial charge in [-0.25, -0.2) is 0 Å². The summed E-state index contributed by atoms with van der Waals surface area (Å²) in [6.07, 6.45) is 4.72. The summed E-state index contributed by atoms with van der Waals surface area (Å²) >= 11 is 11.5. The highest BCUT2D eigenvalue weighted by Crippen LogP contribution is 2.53. The Kier molecular flexibility index (Phi) is 1.19. The van der Waals surface area contributed by atoms with E-state index in [0.717, 1.165) is 6.42 Å². The molecule has 0 radical (unpaired) electrons. The fourth-order valence-electron chi connectivity index (χ4n) is 1.60. The van der Waals surface area contributed by atoms with Gasteiger partial charge in [-0.15, -0.1) is 0 Å². The van der Waals surface area contributed by atoms with E-state index in [2.05, 4.69) is 0 Å². The van der Waals surface area contributed by atoms with Crippen LogP contribution in [0.5, 0.6) is 0 Å². The molecule has 2 aliphatic carbocycles. The molecule has 0 amide bonds. The summed E-state index contributed by atoms with van der Waals surface area (Å²) in [4.78, 5) is 11.0. The second-order valence-electron chi connectivity index (χ2n) is 2.78. The lowest BCUT2D eigenvalue weighted by atomic mass is 9.73. The molecule has 2 atom stereocenters. The van der Waals surface area contributed by atoms with Crippen LogP contribution in [0.3, 0.4) is 0 Å². The first-order valence-electron chi connectivity index (χ1n) is 3.23. The van der Waals surface area contributed by atoms with E-state index in [0.29, 0.717) is 0 Å². The Bertz CT molecular complexity index is 220. The molecule has 0 aliphatic heterocycles. The molecule has 0 aromatic carbocycles. The fourth-order valence-corrected chi connectivity index (χ4v) is 2.31. The van der Waals surface area contributed by atoms with E-state index in [4.69, 9.17) is 23.2 Å². The van der Waals surface area contributed by atoms with Gasteiger partial charge in [-0.05, 0) is 6.42 Å². The predicted octanol–water partition coefficient (Wildman–Crippen LogP) is 1.94. The van der Waals surface area contributed by atoms with Crippen molar-refractivity contribution in [2.24, 2.45) is 11.8 Å². The molecular formula is C7H6Cl2O. The van der Waals surface area contributed by atoms with Crippen LogP contribution < -0.4 is 0 Å². The van der Waals surface area contributed by atoms with Crippen LogP contribution in [-0.4, -0.2) is 10.1 Å². The Morgan fingerprint density at radius 2 is 2.30 bits per heavy atom. The van der Waals surface area contributed by atoms with Gasteiger partial charge >= 0.3 is 0 Å². The fraction of sp³-hybridized carbons (Fsp3) is 0.571. The third kappa shape index (κ3) is 0.578. The first-order valence-corrected chi connectivity index (χ1v) is 3.98. The quantitative estimate of drug-likeness (QED) is 0.408. The normalized spacial score (nSPS) is 41.2. The van der Waals surface area contributed by atoms with Crippen molar-refractivity contribution in [2.45, 2.75) is 10.8 Å². The second kappa shape index (κ2) is 1.77. The molecule has 1 fully saturated rings. The van der Waals surface area contributed by atoms with Crippen LogP contribution in [0.1, 0.15) is 6.42 Å². The third-order valence-electron chi connectivity index (χ3n) is 2.26. The average Bonchev–Trinajstić information content (AvgIpc) is 2.31. The summed E-state index contributed by atoms with van der Waals surface area (Å²) in [5.41, 5.74) is 0. The number of allylic oxidation sites excluding steroid dienone is 2. The highest BCUT2D eigenvalue weighted by Gasteiger charge is 2.60. The van der Waals surface area contributed by atoms with Crippen LogP contribution in [0.2, 0.25) is 0 Å². The SMILES string of the molecule is O=C1[C@@H]2C=CC[C@@H]2C1(Cl)Cl. The molecule has 1 nitrogen and oxygen atoms in total. The minimum absolute atomic E-state index is 0.0231. The third-order valence-corrected chi connectivity index (χ3v) is 3.20. The molecule has 0 unspecified atom stereocenters. The van der Waals surface area contributed by atoms with Crippen LogP contribution in [0, 0.1) is 11.8 Å². The number of hydrogen-bond acceptors (Lipinski definition) is 1. The molecule has 0 bridgehead atoms. The minimum atomic E-state index is -1.08. The van der Waals surface area contributed by atoms with Gasteiger partial charge in [-0.1, -0.05) is 35.4 Å². The molecule has 0 saturated heterocycles. The smallest absolute Gasteiger partial charge is 0.180 e. The average molecular weight is 177 g/mol. The molecule has 2 aliphatic rings. The van der Waals surface area contributed by atoms with Gasteiger partial charge in [0.1, 0.15) is 0 Å². The van der Waals surface area contributed by atoms with Crippen LogP contribution in [-0.2, 0) is 4.79 Å². The number of ketones is 1. The molecule has 3 heteroatoms. The number of fused-ring (bicyclic) bond motifs is 1. The van der Waals surface area contributed by atoms with E-state index >= 15 is 0 Å². The summed E-state index contributed by atoms with van der Waals surface area (Å²) in [5.74, 6) is 0.146. The number of rotatable bonds is 0. The first-order chi connectivity index (χ1) is 4.64. The maximum absolute atomic E-state index is 11.0. The van der Waals surface area contributed by atoms with Crippen molar-refractivity contribution in [1.82, 2.24) is 0 Å². The molecule has 0 N–H and O–H groups in total. The molecule has 1 saturated carbocycles. The maximum atomic E-state index is 11.0. The molecule has 0 heterocycles. The molecule has 54 valence electrons. The maximum Gasteiger partial charge on any atom is 0.180 e. The van der Waals surface area contributed by atoms with Crippen molar-refractivity contribution in [3.05, 3.63) is 12.2 Å². The van der Waals surface area contributed by atoms with Crippen molar-refractivity contribution in [2.75, 3.05) is 0 Å². The van der Waals surface area contributed by atoms with Crippen molar-refractivity contribution in [3.63, 3.8) is 0 Å². The lowest BCUT2D eigenvalue weighted by Gasteiger charge is -2.40. The van der Waals surface area contributed by atoms with E-state index < -0.39 is 4.33 Å². The topological polar surface area (TPSA) is 17.1 Å². The molecule has 0 spiro atoms. The zero-order chi connectivity index (χ0) is 7.35. The van der Waals surface area contributed by atoms with Crippen molar-refractivity contribution in [3.8, 4) is 0 Å². The van der Waals surface area contributed by atoms with Crippen LogP contribution in [0.25, 0.3) is 0 Å². The monoisotopic (exact) mass is 176 g/mol. The summed E-state index contributed by atoms with van der Waals surface area (Å²) in [6, 6.07) is 0. The van der Waals surface area contributed by atoms with E-state index in [1.165, 1.54) is 0 Å². The van der Waals surface area contributed by atoms with Crippen LogP contribution in [0.4, 0.5) is 0 Å². The van der Waals surface area contributed by atoms with Gasteiger partial charge in [0.25, 0.3) is 0 Å². The summed E-state index contributed by atoms with van der Waals surface area (Å²) < 4.78 is -1.08. The number of carbonyl (C=O) groups excluding carboxylic acids is 1. The van der Waals surface area contributed by atoms with Gasteiger partial charge in [0.15, 0.2) is 10.1 Å². The Labute approximate surface area is 69.0 Å². The van der Waals surface area contributed by atoms with Crippen molar-refractivity contribution < 1.29 is 4.79 Å². The molecule has 0 aromatic heterocycles. The summed E-state index contributed by atoms with van der Waals surface area (Å²) in [7, 11) is 0. The number of halogens is 2. The second-order valence-corrected chi connectivity index (χ2v) is 4.17. The zero-order valence-corrected chi connectivity index (χ0v) is 6.69. The largest absolute Gasteiger partial charge is 0.296 e. The Morgan fingerprint density at radius 1 is 1.60 bits per heavy atom. The number of hydrogen-bond donors (Lipinski definition) is 0. The van der Waals surface area contributed by atoms with Gasteiger partial charge in [0, 0.05) is 11.8 Å². The Morgan fingerprint density at radius 3 is 2.90 bits per heavy atom. The van der Waals surface area contributed by atoms with Crippen LogP contribution in [0.15, 0.2) is 12.2 Å². The van der Waals surface area contributed by atoms with Gasteiger partial charge in [0.05, 0.1) is 0 Å².